The van der Waals surface area contributed by atoms with E-state index in [9.17, 15) is 4.79 Å². The molecular weight excluding hydrogens is 302 g/mol. The molecule has 0 bridgehead atoms. The highest BCUT2D eigenvalue weighted by Gasteiger charge is 2.30. The van der Waals surface area contributed by atoms with Crippen molar-refractivity contribution in [2.24, 2.45) is 0 Å². The molecule has 0 aliphatic carbocycles. The zero-order valence-electron chi connectivity index (χ0n) is 14.8. The van der Waals surface area contributed by atoms with Crippen LogP contribution in [0.5, 0.6) is 0 Å². The van der Waals surface area contributed by atoms with Gasteiger partial charge in [0.2, 0.25) is 5.91 Å². The molecule has 0 aromatic heterocycles. The van der Waals surface area contributed by atoms with Gasteiger partial charge >= 0.3 is 0 Å². The Morgan fingerprint density at radius 2 is 2.08 bits per heavy atom. The third-order valence-electron chi connectivity index (χ3n) is 5.19. The maximum Gasteiger partial charge on any atom is 0.240 e. The van der Waals surface area contributed by atoms with Crippen LogP contribution in [0.15, 0.2) is 24.3 Å². The summed E-state index contributed by atoms with van der Waals surface area (Å²) in [5.41, 5.74) is 2.75. The van der Waals surface area contributed by atoms with Gasteiger partial charge < -0.3 is 15.4 Å². The lowest BCUT2D eigenvalue weighted by molar-refractivity contribution is -0.130. The number of rotatable bonds is 4. The second-order valence-corrected chi connectivity index (χ2v) is 6.99. The van der Waals surface area contributed by atoms with E-state index >= 15 is 0 Å². The van der Waals surface area contributed by atoms with Crippen molar-refractivity contribution in [3.63, 3.8) is 0 Å². The van der Waals surface area contributed by atoms with Crippen LogP contribution in [0.25, 0.3) is 0 Å². The molecule has 1 aromatic carbocycles. The molecule has 2 N–H and O–H groups in total. The van der Waals surface area contributed by atoms with Crippen LogP contribution in [-0.4, -0.2) is 55.2 Å². The van der Waals surface area contributed by atoms with E-state index in [0.29, 0.717) is 6.61 Å². The summed E-state index contributed by atoms with van der Waals surface area (Å²) >= 11 is 0. The van der Waals surface area contributed by atoms with Gasteiger partial charge in [0.1, 0.15) is 6.04 Å². The number of carbonyl (C=O) groups excluding carboxylic acids is 1. The third kappa shape index (κ3) is 4.35. The summed E-state index contributed by atoms with van der Waals surface area (Å²) in [6.45, 7) is 8.62. The Balaban J connectivity index is 1.45. The number of aryl methyl sites for hydroxylation is 1. The fraction of sp³-hybridized carbons (Fsp3) is 0.632. The molecule has 1 amide bonds. The minimum Gasteiger partial charge on any atom is -0.375 e. The average Bonchev–Trinajstić information content (AvgIpc) is 2.59. The van der Waals surface area contributed by atoms with Crippen LogP contribution in [-0.2, 0) is 16.1 Å². The summed E-state index contributed by atoms with van der Waals surface area (Å²) in [4.78, 5) is 14.9. The van der Waals surface area contributed by atoms with Gasteiger partial charge in [-0.15, -0.1) is 0 Å². The number of piperidine rings is 1. The van der Waals surface area contributed by atoms with Gasteiger partial charge in [-0.2, -0.15) is 0 Å². The molecule has 5 heteroatoms. The van der Waals surface area contributed by atoms with Gasteiger partial charge in [0, 0.05) is 32.2 Å². The maximum atomic E-state index is 12.4. The smallest absolute Gasteiger partial charge is 0.240 e. The Morgan fingerprint density at radius 1 is 1.33 bits per heavy atom. The summed E-state index contributed by atoms with van der Waals surface area (Å²) in [6, 6.07) is 8.63. The quantitative estimate of drug-likeness (QED) is 0.877. The number of nitrogens with zero attached hydrogens (tertiary/aromatic N) is 1. The molecule has 24 heavy (non-hydrogen) atoms. The van der Waals surface area contributed by atoms with E-state index in [0.717, 1.165) is 39.0 Å². The van der Waals surface area contributed by atoms with Crippen molar-refractivity contribution in [1.29, 1.82) is 0 Å². The first-order chi connectivity index (χ1) is 11.6. The van der Waals surface area contributed by atoms with Gasteiger partial charge in [-0.3, -0.25) is 9.69 Å². The van der Waals surface area contributed by atoms with E-state index < -0.39 is 0 Å². The molecule has 0 saturated carbocycles. The fourth-order valence-electron chi connectivity index (χ4n) is 3.58. The van der Waals surface area contributed by atoms with Crippen molar-refractivity contribution in [1.82, 2.24) is 15.5 Å². The fourth-order valence-corrected chi connectivity index (χ4v) is 3.58. The van der Waals surface area contributed by atoms with E-state index in [1.807, 2.05) is 6.92 Å². The molecule has 2 aliphatic heterocycles. The Morgan fingerprint density at radius 3 is 2.79 bits per heavy atom. The van der Waals surface area contributed by atoms with Gasteiger partial charge in [-0.1, -0.05) is 24.3 Å². The van der Waals surface area contributed by atoms with Gasteiger partial charge in [0.15, 0.2) is 0 Å². The molecule has 2 heterocycles. The molecule has 2 fully saturated rings. The van der Waals surface area contributed by atoms with E-state index in [2.05, 4.69) is 46.7 Å². The van der Waals surface area contributed by atoms with Crippen molar-refractivity contribution < 1.29 is 9.53 Å². The van der Waals surface area contributed by atoms with E-state index in [1.54, 1.807) is 0 Å². The van der Waals surface area contributed by atoms with Gasteiger partial charge in [-0.05, 0) is 37.8 Å². The van der Waals surface area contributed by atoms with Crippen LogP contribution >= 0.6 is 0 Å². The molecule has 0 unspecified atom stereocenters. The molecule has 2 atom stereocenters. The van der Waals surface area contributed by atoms with Crippen molar-refractivity contribution in [2.45, 2.75) is 51.4 Å². The highest BCUT2D eigenvalue weighted by atomic mass is 16.5. The number of likely N-dealkylation sites (tertiary alicyclic amines) is 1. The highest BCUT2D eigenvalue weighted by Crippen LogP contribution is 2.16. The summed E-state index contributed by atoms with van der Waals surface area (Å²) < 4.78 is 5.56. The van der Waals surface area contributed by atoms with E-state index in [4.69, 9.17) is 4.74 Å². The average molecular weight is 331 g/mol. The number of hydrogen-bond donors (Lipinski definition) is 2. The second kappa shape index (κ2) is 8.10. The molecule has 0 spiro atoms. The molecule has 0 radical (unpaired) electrons. The van der Waals surface area contributed by atoms with Crippen molar-refractivity contribution >= 4 is 5.91 Å². The first-order valence-electron chi connectivity index (χ1n) is 9.05. The largest absolute Gasteiger partial charge is 0.375 e. The van der Waals surface area contributed by atoms with E-state index in [1.165, 1.54) is 11.1 Å². The second-order valence-electron chi connectivity index (χ2n) is 6.99. The zero-order valence-corrected chi connectivity index (χ0v) is 14.8. The maximum absolute atomic E-state index is 12.4. The number of ether oxygens (including phenoxy) is 1. The van der Waals surface area contributed by atoms with Crippen molar-refractivity contribution in [3.8, 4) is 0 Å². The minimum atomic E-state index is -0.219. The number of hydrogen-bond acceptors (Lipinski definition) is 4. The number of amides is 1. The summed E-state index contributed by atoms with van der Waals surface area (Å²) in [7, 11) is 0. The molecular formula is C19H29N3O2. The van der Waals surface area contributed by atoms with Crippen LogP contribution < -0.4 is 10.6 Å². The topological polar surface area (TPSA) is 53.6 Å². The standard InChI is InChI=1S/C19H29N3O2/c1-14-5-3-4-6-16(14)13-22-10-7-17(8-11-22)21-19(23)18-15(2)24-12-9-20-18/h3-6,15,17-18,20H,7-13H2,1-2H3,(H,21,23)/t15-,18+/m1/s1. The van der Waals surface area contributed by atoms with Gasteiger partial charge in [-0.25, -0.2) is 0 Å². The Kier molecular flexibility index (Phi) is 5.87. The minimum absolute atomic E-state index is 0.0557. The first kappa shape index (κ1) is 17.4. The van der Waals surface area contributed by atoms with Crippen LogP contribution in [0, 0.1) is 6.92 Å². The lowest BCUT2D eigenvalue weighted by Gasteiger charge is -2.35. The first-order valence-corrected chi connectivity index (χ1v) is 9.05. The molecule has 1 aromatic rings. The normalized spacial score (nSPS) is 26.2. The number of carbonyl (C=O) groups is 1. The van der Waals surface area contributed by atoms with Crippen molar-refractivity contribution in [3.05, 3.63) is 35.4 Å². The Hall–Kier alpha value is -1.43. The summed E-state index contributed by atoms with van der Waals surface area (Å²) in [6.07, 6.45) is 1.97. The predicted molar refractivity (Wildman–Crippen MR) is 94.8 cm³/mol. The Bertz CT molecular complexity index is 555. The SMILES string of the molecule is Cc1ccccc1CN1CCC(NC(=O)[C@H]2NCCO[C@@H]2C)CC1. The number of benzene rings is 1. The number of morpholine rings is 1. The number of nitrogens with one attached hydrogen (secondary N) is 2. The van der Waals surface area contributed by atoms with Crippen LogP contribution in [0.4, 0.5) is 0 Å². The summed E-state index contributed by atoms with van der Waals surface area (Å²) in [5.74, 6) is 0.0829. The predicted octanol–water partition coefficient (Wildman–Crippen LogP) is 1.45. The van der Waals surface area contributed by atoms with Gasteiger partial charge in [0.25, 0.3) is 0 Å². The lowest BCUT2D eigenvalue weighted by atomic mass is 10.0. The molecule has 5 nitrogen and oxygen atoms in total. The highest BCUT2D eigenvalue weighted by molar-refractivity contribution is 5.82. The van der Waals surface area contributed by atoms with Crippen LogP contribution in [0.2, 0.25) is 0 Å². The summed E-state index contributed by atoms with van der Waals surface area (Å²) in [5, 5.41) is 6.47. The Labute approximate surface area is 144 Å². The van der Waals surface area contributed by atoms with Crippen molar-refractivity contribution in [2.75, 3.05) is 26.2 Å². The lowest BCUT2D eigenvalue weighted by Crippen LogP contribution is -2.58. The molecule has 2 saturated heterocycles. The third-order valence-corrected chi connectivity index (χ3v) is 5.19. The van der Waals surface area contributed by atoms with Crippen LogP contribution in [0.3, 0.4) is 0 Å². The van der Waals surface area contributed by atoms with E-state index in [-0.39, 0.29) is 24.1 Å². The zero-order chi connectivity index (χ0) is 16.9. The van der Waals surface area contributed by atoms with Crippen LogP contribution in [0.1, 0.15) is 30.9 Å². The monoisotopic (exact) mass is 331 g/mol. The van der Waals surface area contributed by atoms with Gasteiger partial charge in [0.05, 0.1) is 12.7 Å². The molecule has 132 valence electrons. The molecule has 3 rings (SSSR count). The molecule has 2 aliphatic rings.